The summed E-state index contributed by atoms with van der Waals surface area (Å²) in [6.45, 7) is 1.95. The highest BCUT2D eigenvalue weighted by Crippen LogP contribution is 2.39. The van der Waals surface area contributed by atoms with Crippen molar-refractivity contribution in [2.45, 2.75) is 38.3 Å². The van der Waals surface area contributed by atoms with Crippen molar-refractivity contribution < 1.29 is 4.74 Å². The van der Waals surface area contributed by atoms with Gasteiger partial charge in [-0.15, -0.1) is 0 Å². The van der Waals surface area contributed by atoms with E-state index in [0.29, 0.717) is 18.4 Å². The van der Waals surface area contributed by atoms with Gasteiger partial charge in [0.1, 0.15) is 5.75 Å². The molecule has 5 rings (SSSR count). The first kappa shape index (κ1) is 16.8. The fourth-order valence-corrected chi connectivity index (χ4v) is 3.58. The van der Waals surface area contributed by atoms with Crippen molar-refractivity contribution in [1.82, 2.24) is 19.7 Å². The average molecular weight is 372 g/mol. The van der Waals surface area contributed by atoms with Crippen molar-refractivity contribution >= 4 is 11.6 Å². The summed E-state index contributed by atoms with van der Waals surface area (Å²) in [6.07, 6.45) is 8.13. The molecule has 0 radical (unpaired) electrons. The maximum atomic E-state index is 9.70. The molecule has 0 saturated heterocycles. The van der Waals surface area contributed by atoms with Gasteiger partial charge < -0.3 is 10.1 Å². The number of anilines is 2. The summed E-state index contributed by atoms with van der Waals surface area (Å²) >= 11 is 0. The van der Waals surface area contributed by atoms with Gasteiger partial charge in [0.15, 0.2) is 6.10 Å². The summed E-state index contributed by atoms with van der Waals surface area (Å²) in [4.78, 5) is 9.09. The van der Waals surface area contributed by atoms with E-state index in [1.54, 1.807) is 12.4 Å². The van der Waals surface area contributed by atoms with Crippen molar-refractivity contribution in [3.05, 3.63) is 59.7 Å². The molecule has 3 heterocycles. The molecule has 140 valence electrons. The van der Waals surface area contributed by atoms with Gasteiger partial charge in [-0.25, -0.2) is 9.97 Å². The number of hydrogen-bond donors (Lipinski definition) is 1. The second-order valence-corrected chi connectivity index (χ2v) is 7.41. The van der Waals surface area contributed by atoms with Gasteiger partial charge in [0.05, 0.1) is 35.6 Å². The minimum atomic E-state index is -0.419. The zero-order chi connectivity index (χ0) is 19.1. The van der Waals surface area contributed by atoms with Gasteiger partial charge in [-0.1, -0.05) is 18.2 Å². The van der Waals surface area contributed by atoms with Crippen LogP contribution in [0.5, 0.6) is 5.75 Å². The van der Waals surface area contributed by atoms with E-state index in [9.17, 15) is 5.26 Å². The predicted molar refractivity (Wildman–Crippen MR) is 103 cm³/mol. The Bertz CT molecular complexity index is 1060. The number of rotatable bonds is 4. The van der Waals surface area contributed by atoms with Gasteiger partial charge in [0, 0.05) is 12.4 Å². The third kappa shape index (κ3) is 3.07. The Morgan fingerprint density at radius 2 is 2.11 bits per heavy atom. The number of ether oxygens (including phenoxy) is 1. The Hall–Kier alpha value is -3.40. The zero-order valence-corrected chi connectivity index (χ0v) is 15.5. The molecule has 0 spiro atoms. The number of nitriles is 1. The summed E-state index contributed by atoms with van der Waals surface area (Å²) in [5.74, 6) is 1.00. The van der Waals surface area contributed by atoms with Crippen LogP contribution in [0.2, 0.25) is 0 Å². The minimum absolute atomic E-state index is 0.297. The summed E-state index contributed by atoms with van der Waals surface area (Å²) in [7, 11) is 0. The highest BCUT2D eigenvalue weighted by atomic mass is 16.5. The standard InChI is InChI=1S/C21H20N6O/c1-13-10-23-21(25-16-11-24-27(12-16)17-6-7-17)26-19(13)20-15(9-22)8-14-4-2-3-5-18(14)28-20/h2-5,10-12,15,17,20H,6-8H2,1H3,(H,23,25,26). The van der Waals surface area contributed by atoms with E-state index in [2.05, 4.69) is 21.5 Å². The molecule has 7 nitrogen and oxygen atoms in total. The summed E-state index contributed by atoms with van der Waals surface area (Å²) in [5, 5.41) is 17.3. The monoisotopic (exact) mass is 372 g/mol. The maximum Gasteiger partial charge on any atom is 0.227 e. The lowest BCUT2D eigenvalue weighted by molar-refractivity contribution is 0.136. The molecule has 2 aromatic heterocycles. The fraction of sp³-hybridized carbons (Fsp3) is 0.333. The molecule has 2 atom stereocenters. The fourth-order valence-electron chi connectivity index (χ4n) is 3.58. The van der Waals surface area contributed by atoms with E-state index in [1.807, 2.05) is 42.1 Å². The van der Waals surface area contributed by atoms with E-state index in [4.69, 9.17) is 9.72 Å². The van der Waals surface area contributed by atoms with Crippen molar-refractivity contribution in [3.63, 3.8) is 0 Å². The van der Waals surface area contributed by atoms with Crippen LogP contribution < -0.4 is 10.1 Å². The van der Waals surface area contributed by atoms with Crippen molar-refractivity contribution in [2.24, 2.45) is 5.92 Å². The van der Waals surface area contributed by atoms with Crippen LogP contribution in [0, 0.1) is 24.2 Å². The molecule has 0 bridgehead atoms. The van der Waals surface area contributed by atoms with E-state index >= 15 is 0 Å². The number of aromatic nitrogens is 4. The van der Waals surface area contributed by atoms with Crippen LogP contribution in [0.1, 0.15) is 41.8 Å². The third-order valence-electron chi connectivity index (χ3n) is 5.26. The number of benzene rings is 1. The lowest BCUT2D eigenvalue weighted by Crippen LogP contribution is -2.26. The molecule has 3 aromatic rings. The second kappa shape index (κ2) is 6.64. The number of aryl methyl sites for hydroxylation is 1. The van der Waals surface area contributed by atoms with Crippen LogP contribution in [0.25, 0.3) is 0 Å². The van der Waals surface area contributed by atoms with Crippen LogP contribution >= 0.6 is 0 Å². The van der Waals surface area contributed by atoms with Crippen LogP contribution in [-0.2, 0) is 6.42 Å². The maximum absolute atomic E-state index is 9.70. The van der Waals surface area contributed by atoms with Gasteiger partial charge in [0.2, 0.25) is 5.95 Å². The first-order valence-electron chi connectivity index (χ1n) is 9.50. The van der Waals surface area contributed by atoms with E-state index in [-0.39, 0.29) is 5.92 Å². The average Bonchev–Trinajstić information content (AvgIpc) is 3.47. The molecule has 2 unspecified atom stereocenters. The lowest BCUT2D eigenvalue weighted by Gasteiger charge is -2.30. The zero-order valence-electron chi connectivity index (χ0n) is 15.5. The van der Waals surface area contributed by atoms with Gasteiger partial charge in [-0.2, -0.15) is 10.4 Å². The van der Waals surface area contributed by atoms with Crippen LogP contribution in [0.4, 0.5) is 11.6 Å². The van der Waals surface area contributed by atoms with E-state index in [1.165, 1.54) is 12.8 Å². The molecular weight excluding hydrogens is 352 g/mol. The van der Waals surface area contributed by atoms with Crippen LogP contribution in [0.3, 0.4) is 0 Å². The summed E-state index contributed by atoms with van der Waals surface area (Å²) in [5.41, 5.74) is 3.56. The number of fused-ring (bicyclic) bond motifs is 1. The minimum Gasteiger partial charge on any atom is -0.482 e. The Labute approximate surface area is 163 Å². The molecule has 1 saturated carbocycles. The van der Waals surface area contributed by atoms with Crippen molar-refractivity contribution in [3.8, 4) is 11.8 Å². The molecule has 1 N–H and O–H groups in total. The summed E-state index contributed by atoms with van der Waals surface area (Å²) < 4.78 is 8.17. The first-order valence-corrected chi connectivity index (χ1v) is 9.50. The Morgan fingerprint density at radius 1 is 1.25 bits per heavy atom. The Morgan fingerprint density at radius 3 is 2.93 bits per heavy atom. The van der Waals surface area contributed by atoms with Crippen molar-refractivity contribution in [2.75, 3.05) is 5.32 Å². The molecule has 0 amide bonds. The predicted octanol–water partition coefficient (Wildman–Crippen LogP) is 3.88. The van der Waals surface area contributed by atoms with Gasteiger partial charge >= 0.3 is 0 Å². The first-order chi connectivity index (χ1) is 13.7. The highest BCUT2D eigenvalue weighted by molar-refractivity contribution is 5.51. The topological polar surface area (TPSA) is 88.7 Å². The smallest absolute Gasteiger partial charge is 0.227 e. The lowest BCUT2D eigenvalue weighted by atomic mass is 9.89. The highest BCUT2D eigenvalue weighted by Gasteiger charge is 2.33. The van der Waals surface area contributed by atoms with Gasteiger partial charge in [-0.3, -0.25) is 4.68 Å². The molecule has 1 aliphatic heterocycles. The Balaban J connectivity index is 1.44. The van der Waals surface area contributed by atoms with Gasteiger partial charge in [-0.05, 0) is 43.4 Å². The van der Waals surface area contributed by atoms with Crippen molar-refractivity contribution in [1.29, 1.82) is 5.26 Å². The molecule has 28 heavy (non-hydrogen) atoms. The van der Waals surface area contributed by atoms with E-state index in [0.717, 1.165) is 28.3 Å². The molecule has 1 fully saturated rings. The Kier molecular flexibility index (Phi) is 3.97. The van der Waals surface area contributed by atoms with E-state index < -0.39 is 6.10 Å². The number of nitrogens with zero attached hydrogens (tertiary/aromatic N) is 5. The quantitative estimate of drug-likeness (QED) is 0.748. The summed E-state index contributed by atoms with van der Waals surface area (Å²) in [6, 6.07) is 10.8. The normalized spacial score (nSPS) is 20.7. The number of para-hydroxylation sites is 1. The van der Waals surface area contributed by atoms with Gasteiger partial charge in [0.25, 0.3) is 0 Å². The molecule has 7 heteroatoms. The van der Waals surface area contributed by atoms with Crippen LogP contribution in [0.15, 0.2) is 42.9 Å². The SMILES string of the molecule is Cc1cnc(Nc2cnn(C3CC3)c2)nc1C1Oc2ccccc2CC1C#N. The number of hydrogen-bond acceptors (Lipinski definition) is 6. The molecule has 1 aromatic carbocycles. The molecular formula is C21H20N6O. The largest absolute Gasteiger partial charge is 0.482 e. The molecule has 1 aliphatic carbocycles. The van der Waals surface area contributed by atoms with Crippen LogP contribution in [-0.4, -0.2) is 19.7 Å². The third-order valence-corrected chi connectivity index (χ3v) is 5.26. The second-order valence-electron chi connectivity index (χ2n) is 7.41. The number of nitrogens with one attached hydrogen (secondary N) is 1. The molecule has 2 aliphatic rings.